The fourth-order valence-corrected chi connectivity index (χ4v) is 2.17. The molecule has 0 spiro atoms. The predicted octanol–water partition coefficient (Wildman–Crippen LogP) is 3.08. The predicted molar refractivity (Wildman–Crippen MR) is 92.5 cm³/mol. The quantitative estimate of drug-likeness (QED) is 0.551. The Hall–Kier alpha value is -2.82. The minimum atomic E-state index is -0.299. The molecule has 5 heteroatoms. The van der Waals surface area contributed by atoms with Crippen molar-refractivity contribution in [1.82, 2.24) is 0 Å². The highest BCUT2D eigenvalue weighted by Crippen LogP contribution is 2.25. The summed E-state index contributed by atoms with van der Waals surface area (Å²) in [6.07, 6.45) is 0.781. The molecule has 0 aromatic heterocycles. The highest BCUT2D eigenvalue weighted by atomic mass is 16.5. The molecule has 0 saturated carbocycles. The number of rotatable bonds is 8. The van der Waals surface area contributed by atoms with E-state index in [2.05, 4.69) is 0 Å². The van der Waals surface area contributed by atoms with E-state index >= 15 is 0 Å². The average Bonchev–Trinajstić information content (AvgIpc) is 2.60. The molecule has 0 aliphatic rings. The molecule has 2 aromatic carbocycles. The van der Waals surface area contributed by atoms with Crippen LogP contribution in [0.5, 0.6) is 5.75 Å². The first-order valence-corrected chi connectivity index (χ1v) is 7.70. The highest BCUT2D eigenvalue weighted by Gasteiger charge is 2.09. The molecule has 0 amide bonds. The molecule has 5 nitrogen and oxygen atoms in total. The largest absolute Gasteiger partial charge is 0.488 e. The third kappa shape index (κ3) is 5.12. The van der Waals surface area contributed by atoms with Gasteiger partial charge in [-0.25, -0.2) is 0 Å². The number of aldehydes is 1. The van der Waals surface area contributed by atoms with Gasteiger partial charge in [-0.3, -0.25) is 9.59 Å². The molecule has 0 aliphatic carbocycles. The van der Waals surface area contributed by atoms with Crippen LogP contribution in [0.1, 0.15) is 22.8 Å². The van der Waals surface area contributed by atoms with Crippen LogP contribution in [0.2, 0.25) is 0 Å². The summed E-state index contributed by atoms with van der Waals surface area (Å²) >= 11 is 0. The van der Waals surface area contributed by atoms with Crippen molar-refractivity contribution in [1.29, 1.82) is 0 Å². The van der Waals surface area contributed by atoms with Crippen molar-refractivity contribution in [2.75, 3.05) is 25.1 Å². The molecule has 2 rings (SSSR count). The first kappa shape index (κ1) is 17.5. The lowest BCUT2D eigenvalue weighted by atomic mass is 10.2. The Morgan fingerprint density at radius 2 is 1.92 bits per heavy atom. The van der Waals surface area contributed by atoms with Crippen LogP contribution in [0.15, 0.2) is 48.5 Å². The first-order valence-electron chi connectivity index (χ1n) is 7.70. The van der Waals surface area contributed by atoms with Crippen LogP contribution >= 0.6 is 0 Å². The van der Waals surface area contributed by atoms with E-state index in [1.807, 2.05) is 54.4 Å². The third-order valence-corrected chi connectivity index (χ3v) is 3.53. The van der Waals surface area contributed by atoms with Gasteiger partial charge in [0.15, 0.2) is 6.29 Å². The van der Waals surface area contributed by atoms with Crippen molar-refractivity contribution in [3.63, 3.8) is 0 Å². The van der Waals surface area contributed by atoms with Gasteiger partial charge in [-0.15, -0.1) is 0 Å². The summed E-state index contributed by atoms with van der Waals surface area (Å²) in [6, 6.07) is 15.2. The lowest BCUT2D eigenvalue weighted by Gasteiger charge is -2.20. The van der Waals surface area contributed by atoms with Gasteiger partial charge in [0.25, 0.3) is 0 Å². The minimum absolute atomic E-state index is 0.299. The lowest BCUT2D eigenvalue weighted by molar-refractivity contribution is -0.140. The van der Waals surface area contributed by atoms with E-state index in [4.69, 9.17) is 9.47 Å². The Balaban J connectivity index is 2.06. The summed E-state index contributed by atoms with van der Waals surface area (Å²) in [5, 5.41) is 0. The number of ether oxygens (including phenoxy) is 2. The maximum atomic E-state index is 11.2. The molecule has 0 radical (unpaired) electrons. The van der Waals surface area contributed by atoms with Crippen molar-refractivity contribution in [2.45, 2.75) is 13.5 Å². The molecule has 0 fully saturated rings. The number of carbonyl (C=O) groups is 2. The average molecular weight is 327 g/mol. The van der Waals surface area contributed by atoms with Crippen LogP contribution in [0.25, 0.3) is 0 Å². The van der Waals surface area contributed by atoms with Crippen LogP contribution in [-0.4, -0.2) is 32.5 Å². The number of nitrogens with zero attached hydrogens (tertiary/aromatic N) is 1. The number of esters is 1. The normalized spacial score (nSPS) is 10.1. The molecule has 0 unspecified atom stereocenters. The summed E-state index contributed by atoms with van der Waals surface area (Å²) in [4.78, 5) is 24.0. The molecule has 0 saturated heterocycles. The molecule has 0 atom stereocenters. The maximum Gasteiger partial charge on any atom is 0.302 e. The van der Waals surface area contributed by atoms with Crippen LogP contribution in [0.3, 0.4) is 0 Å². The zero-order valence-corrected chi connectivity index (χ0v) is 13.9. The number of carbonyl (C=O) groups excluding carboxylic acids is 2. The molecular weight excluding hydrogens is 306 g/mol. The summed E-state index contributed by atoms with van der Waals surface area (Å²) in [5.41, 5.74) is 2.42. The van der Waals surface area contributed by atoms with Gasteiger partial charge in [-0.05, 0) is 17.7 Å². The first-order chi connectivity index (χ1) is 11.6. The van der Waals surface area contributed by atoms with Gasteiger partial charge in [0.2, 0.25) is 0 Å². The Labute approximate surface area is 141 Å². The summed E-state index contributed by atoms with van der Waals surface area (Å²) in [7, 11) is 1.89. The molecule has 2 aromatic rings. The second-order valence-electron chi connectivity index (χ2n) is 5.38. The van der Waals surface area contributed by atoms with Crippen molar-refractivity contribution < 1.29 is 19.1 Å². The molecular formula is C19H21NO4. The van der Waals surface area contributed by atoms with E-state index in [1.165, 1.54) is 6.92 Å². The molecule has 126 valence electrons. The van der Waals surface area contributed by atoms with Gasteiger partial charge in [0.05, 0.1) is 12.1 Å². The molecule has 0 aliphatic heterocycles. The number of likely N-dealkylation sites (N-methyl/N-ethyl adjacent to an activating group) is 1. The van der Waals surface area contributed by atoms with Crippen molar-refractivity contribution in [2.24, 2.45) is 0 Å². The smallest absolute Gasteiger partial charge is 0.302 e. The van der Waals surface area contributed by atoms with Gasteiger partial charge in [-0.2, -0.15) is 0 Å². The Bertz CT molecular complexity index is 685. The molecule has 0 bridgehead atoms. The van der Waals surface area contributed by atoms with E-state index in [-0.39, 0.29) is 5.97 Å². The van der Waals surface area contributed by atoms with E-state index in [9.17, 15) is 9.59 Å². The standard InChI is InChI=1S/C19H21NO4/c1-15(22)23-11-10-20(2)18-9-8-17(13-21)19(12-18)24-14-16-6-4-3-5-7-16/h3-9,12-13H,10-11,14H2,1-2H3. The second kappa shape index (κ2) is 8.72. The van der Waals surface area contributed by atoms with Crippen molar-refractivity contribution in [3.05, 3.63) is 59.7 Å². The van der Waals surface area contributed by atoms with E-state index in [0.29, 0.717) is 31.1 Å². The third-order valence-electron chi connectivity index (χ3n) is 3.53. The number of hydrogen-bond donors (Lipinski definition) is 0. The SMILES string of the molecule is CC(=O)OCCN(C)c1ccc(C=O)c(OCc2ccccc2)c1. The zero-order chi connectivity index (χ0) is 17.4. The van der Waals surface area contributed by atoms with Crippen LogP contribution < -0.4 is 9.64 Å². The van der Waals surface area contributed by atoms with Crippen molar-refractivity contribution >= 4 is 17.9 Å². The van der Waals surface area contributed by atoms with Gasteiger partial charge in [-0.1, -0.05) is 30.3 Å². The maximum absolute atomic E-state index is 11.2. The fourth-order valence-electron chi connectivity index (χ4n) is 2.17. The Morgan fingerprint density at radius 1 is 1.17 bits per heavy atom. The van der Waals surface area contributed by atoms with E-state index < -0.39 is 0 Å². The minimum Gasteiger partial charge on any atom is -0.488 e. The summed E-state index contributed by atoms with van der Waals surface area (Å²) in [5.74, 6) is 0.234. The van der Waals surface area contributed by atoms with Gasteiger partial charge in [0.1, 0.15) is 19.0 Å². The topological polar surface area (TPSA) is 55.8 Å². The number of anilines is 1. The highest BCUT2D eigenvalue weighted by molar-refractivity contribution is 5.80. The Morgan fingerprint density at radius 3 is 2.58 bits per heavy atom. The zero-order valence-electron chi connectivity index (χ0n) is 13.9. The second-order valence-corrected chi connectivity index (χ2v) is 5.38. The van der Waals surface area contributed by atoms with Crippen LogP contribution in [-0.2, 0) is 16.1 Å². The van der Waals surface area contributed by atoms with E-state index in [0.717, 1.165) is 17.5 Å². The van der Waals surface area contributed by atoms with Gasteiger partial charge >= 0.3 is 5.97 Å². The summed E-state index contributed by atoms with van der Waals surface area (Å²) < 4.78 is 10.8. The lowest BCUT2D eigenvalue weighted by Crippen LogP contribution is -2.23. The summed E-state index contributed by atoms with van der Waals surface area (Å²) in [6.45, 7) is 2.64. The molecule has 0 N–H and O–H groups in total. The molecule has 24 heavy (non-hydrogen) atoms. The molecule has 0 heterocycles. The van der Waals surface area contributed by atoms with Crippen LogP contribution in [0.4, 0.5) is 5.69 Å². The van der Waals surface area contributed by atoms with Crippen molar-refractivity contribution in [3.8, 4) is 5.75 Å². The van der Waals surface area contributed by atoms with Crippen LogP contribution in [0, 0.1) is 0 Å². The number of hydrogen-bond acceptors (Lipinski definition) is 5. The fraction of sp³-hybridized carbons (Fsp3) is 0.263. The van der Waals surface area contributed by atoms with Gasteiger partial charge < -0.3 is 14.4 Å². The monoisotopic (exact) mass is 327 g/mol. The van der Waals surface area contributed by atoms with Gasteiger partial charge in [0, 0.05) is 25.7 Å². The Kier molecular flexibility index (Phi) is 6.37. The number of benzene rings is 2. The van der Waals surface area contributed by atoms with E-state index in [1.54, 1.807) is 6.07 Å².